The molecular formula is C14H25BrClN3. The molecule has 0 aromatic carbocycles. The van der Waals surface area contributed by atoms with Crippen molar-refractivity contribution in [1.82, 2.24) is 14.7 Å². The van der Waals surface area contributed by atoms with E-state index in [1.807, 2.05) is 0 Å². The Hall–Kier alpha value is -0.0600. The molecule has 1 aromatic heterocycles. The summed E-state index contributed by atoms with van der Waals surface area (Å²) in [5.41, 5.74) is 2.43. The highest BCUT2D eigenvalue weighted by atomic mass is 79.9. The second kappa shape index (κ2) is 8.28. The van der Waals surface area contributed by atoms with Crippen molar-refractivity contribution in [1.29, 1.82) is 0 Å². The van der Waals surface area contributed by atoms with Crippen LogP contribution in [-0.4, -0.2) is 33.1 Å². The summed E-state index contributed by atoms with van der Waals surface area (Å²) in [5.74, 6) is 0.720. The van der Waals surface area contributed by atoms with Crippen LogP contribution in [-0.2, 0) is 19.5 Å². The molecule has 0 aliphatic rings. The molecule has 0 spiro atoms. The van der Waals surface area contributed by atoms with Crippen molar-refractivity contribution in [2.75, 3.05) is 12.4 Å². The zero-order valence-corrected chi connectivity index (χ0v) is 14.8. The Labute approximate surface area is 130 Å². The van der Waals surface area contributed by atoms with E-state index in [0.717, 1.165) is 44.0 Å². The van der Waals surface area contributed by atoms with Crippen LogP contribution >= 0.6 is 27.5 Å². The van der Waals surface area contributed by atoms with Gasteiger partial charge >= 0.3 is 0 Å². The molecule has 0 saturated carbocycles. The molecule has 0 atom stereocenters. The highest BCUT2D eigenvalue weighted by Gasteiger charge is 2.18. The summed E-state index contributed by atoms with van der Waals surface area (Å²) in [6.45, 7) is 11.6. The zero-order valence-electron chi connectivity index (χ0n) is 12.4. The van der Waals surface area contributed by atoms with Gasteiger partial charge in [-0.05, 0) is 56.1 Å². The topological polar surface area (TPSA) is 21.1 Å². The second-order valence-electron chi connectivity index (χ2n) is 4.98. The van der Waals surface area contributed by atoms with Gasteiger partial charge in [0.2, 0.25) is 0 Å². The molecule has 0 fully saturated rings. The smallest absolute Gasteiger partial charge is 0.0767 e. The largest absolute Gasteiger partial charge is 0.295 e. The maximum atomic E-state index is 5.82. The zero-order chi connectivity index (χ0) is 14.4. The molecule has 1 rings (SSSR count). The van der Waals surface area contributed by atoms with Crippen LogP contribution in [0.4, 0.5) is 0 Å². The van der Waals surface area contributed by atoms with Crippen molar-refractivity contribution in [3.8, 4) is 0 Å². The standard InChI is InChI=1S/C14H25BrClN3/c1-5-12-14(15)13(19(6-2)17-12)10-18(11(3)4)9-7-8-16/h11H,5-10H2,1-4H3. The SMILES string of the molecule is CCc1nn(CC)c(CN(CCCCl)C(C)C)c1Br. The summed E-state index contributed by atoms with van der Waals surface area (Å²) in [5, 5.41) is 4.66. The van der Waals surface area contributed by atoms with Gasteiger partial charge in [0, 0.05) is 25.0 Å². The average Bonchev–Trinajstić information content (AvgIpc) is 2.70. The van der Waals surface area contributed by atoms with Gasteiger partial charge in [0.15, 0.2) is 0 Å². The van der Waals surface area contributed by atoms with Gasteiger partial charge in [0.1, 0.15) is 0 Å². The minimum Gasteiger partial charge on any atom is -0.295 e. The van der Waals surface area contributed by atoms with E-state index in [2.05, 4.69) is 58.3 Å². The molecule has 0 saturated heterocycles. The van der Waals surface area contributed by atoms with Crippen LogP contribution in [0.15, 0.2) is 4.47 Å². The fourth-order valence-electron chi connectivity index (χ4n) is 2.14. The van der Waals surface area contributed by atoms with Crippen LogP contribution in [0.2, 0.25) is 0 Å². The normalized spacial score (nSPS) is 11.8. The molecular weight excluding hydrogens is 326 g/mol. The van der Waals surface area contributed by atoms with Gasteiger partial charge in [-0.3, -0.25) is 9.58 Å². The molecule has 0 bridgehead atoms. The minimum atomic E-state index is 0.514. The number of halogens is 2. The Morgan fingerprint density at radius 1 is 1.37 bits per heavy atom. The van der Waals surface area contributed by atoms with Crippen LogP contribution in [0, 0.1) is 0 Å². The van der Waals surface area contributed by atoms with Gasteiger partial charge in [0.25, 0.3) is 0 Å². The van der Waals surface area contributed by atoms with E-state index in [-0.39, 0.29) is 0 Å². The maximum absolute atomic E-state index is 5.82. The number of hydrogen-bond acceptors (Lipinski definition) is 2. The third-order valence-electron chi connectivity index (χ3n) is 3.36. The van der Waals surface area contributed by atoms with E-state index in [1.165, 1.54) is 10.2 Å². The minimum absolute atomic E-state index is 0.514. The summed E-state index contributed by atoms with van der Waals surface area (Å²) in [6, 6.07) is 0.514. The molecule has 0 amide bonds. The Balaban J connectivity index is 2.91. The van der Waals surface area contributed by atoms with Crippen molar-refractivity contribution in [3.63, 3.8) is 0 Å². The quantitative estimate of drug-likeness (QED) is 0.659. The van der Waals surface area contributed by atoms with E-state index >= 15 is 0 Å². The molecule has 0 N–H and O–H groups in total. The van der Waals surface area contributed by atoms with E-state index in [4.69, 9.17) is 11.6 Å². The first-order chi connectivity index (χ1) is 9.04. The number of hydrogen-bond donors (Lipinski definition) is 0. The van der Waals surface area contributed by atoms with Crippen LogP contribution in [0.3, 0.4) is 0 Å². The molecule has 0 aliphatic heterocycles. The predicted molar refractivity (Wildman–Crippen MR) is 85.9 cm³/mol. The molecule has 5 heteroatoms. The lowest BCUT2D eigenvalue weighted by Crippen LogP contribution is -2.32. The van der Waals surface area contributed by atoms with Gasteiger partial charge < -0.3 is 0 Å². The lowest BCUT2D eigenvalue weighted by atomic mass is 10.2. The Morgan fingerprint density at radius 2 is 2.05 bits per heavy atom. The van der Waals surface area contributed by atoms with Gasteiger partial charge in [-0.25, -0.2) is 0 Å². The van der Waals surface area contributed by atoms with Crippen LogP contribution in [0.25, 0.3) is 0 Å². The summed E-state index contributed by atoms with van der Waals surface area (Å²) >= 11 is 9.53. The average molecular weight is 351 g/mol. The fourth-order valence-corrected chi connectivity index (χ4v) is 2.95. The summed E-state index contributed by atoms with van der Waals surface area (Å²) in [7, 11) is 0. The lowest BCUT2D eigenvalue weighted by Gasteiger charge is -2.26. The highest BCUT2D eigenvalue weighted by molar-refractivity contribution is 9.10. The Morgan fingerprint density at radius 3 is 2.53 bits per heavy atom. The van der Waals surface area contributed by atoms with Crippen LogP contribution < -0.4 is 0 Å². The van der Waals surface area contributed by atoms with E-state index in [9.17, 15) is 0 Å². The molecule has 0 radical (unpaired) electrons. The maximum Gasteiger partial charge on any atom is 0.0767 e. The number of nitrogens with zero attached hydrogens (tertiary/aromatic N) is 3. The first kappa shape index (κ1) is 17.0. The van der Waals surface area contributed by atoms with Gasteiger partial charge in [-0.1, -0.05) is 6.92 Å². The lowest BCUT2D eigenvalue weighted by molar-refractivity contribution is 0.207. The van der Waals surface area contributed by atoms with Gasteiger partial charge in [-0.2, -0.15) is 5.10 Å². The molecule has 0 unspecified atom stereocenters. The van der Waals surface area contributed by atoms with Crippen molar-refractivity contribution in [2.45, 2.75) is 59.7 Å². The van der Waals surface area contributed by atoms with Crippen molar-refractivity contribution >= 4 is 27.5 Å². The van der Waals surface area contributed by atoms with Gasteiger partial charge in [0.05, 0.1) is 15.9 Å². The summed E-state index contributed by atoms with van der Waals surface area (Å²) in [4.78, 5) is 2.45. The predicted octanol–water partition coefficient (Wildman–Crippen LogP) is 4.07. The Kier molecular flexibility index (Phi) is 7.40. The number of alkyl halides is 1. The van der Waals surface area contributed by atoms with Crippen LogP contribution in [0.1, 0.15) is 45.5 Å². The molecule has 0 aliphatic carbocycles. The van der Waals surface area contributed by atoms with Gasteiger partial charge in [-0.15, -0.1) is 11.6 Å². The molecule has 1 aromatic rings. The van der Waals surface area contributed by atoms with E-state index in [0.29, 0.717) is 6.04 Å². The first-order valence-electron chi connectivity index (χ1n) is 7.09. The third kappa shape index (κ3) is 4.47. The molecule has 1 heterocycles. The summed E-state index contributed by atoms with van der Waals surface area (Å²) < 4.78 is 3.28. The number of aromatic nitrogens is 2. The van der Waals surface area contributed by atoms with Crippen molar-refractivity contribution in [2.24, 2.45) is 0 Å². The van der Waals surface area contributed by atoms with Crippen molar-refractivity contribution in [3.05, 3.63) is 15.9 Å². The van der Waals surface area contributed by atoms with E-state index < -0.39 is 0 Å². The molecule has 110 valence electrons. The van der Waals surface area contributed by atoms with E-state index in [1.54, 1.807) is 0 Å². The third-order valence-corrected chi connectivity index (χ3v) is 4.54. The Bertz CT molecular complexity index is 390. The number of rotatable bonds is 8. The highest BCUT2D eigenvalue weighted by Crippen LogP contribution is 2.24. The molecule has 3 nitrogen and oxygen atoms in total. The summed E-state index contributed by atoms with van der Waals surface area (Å²) in [6.07, 6.45) is 1.99. The number of aryl methyl sites for hydroxylation is 2. The fraction of sp³-hybridized carbons (Fsp3) is 0.786. The monoisotopic (exact) mass is 349 g/mol. The first-order valence-corrected chi connectivity index (χ1v) is 8.41. The van der Waals surface area contributed by atoms with Crippen LogP contribution in [0.5, 0.6) is 0 Å². The molecule has 19 heavy (non-hydrogen) atoms. The van der Waals surface area contributed by atoms with Crippen molar-refractivity contribution < 1.29 is 0 Å². The second-order valence-corrected chi connectivity index (χ2v) is 6.15.